The van der Waals surface area contributed by atoms with Crippen molar-refractivity contribution < 1.29 is 14.0 Å². The molecule has 122 valence electrons. The molecule has 0 aliphatic rings. The molecule has 1 aromatic carbocycles. The molecule has 1 N–H and O–H groups in total. The van der Waals surface area contributed by atoms with Crippen molar-refractivity contribution in [3.8, 4) is 0 Å². The molecule has 0 fully saturated rings. The molecule has 0 radical (unpaired) electrons. The van der Waals surface area contributed by atoms with Gasteiger partial charge in [-0.05, 0) is 24.3 Å². The molecule has 0 unspecified atom stereocenters. The molecule has 2 aromatic heterocycles. The fourth-order valence-corrected chi connectivity index (χ4v) is 2.33. The van der Waals surface area contributed by atoms with Crippen LogP contribution in [0, 0.1) is 0 Å². The molecule has 0 bridgehead atoms. The van der Waals surface area contributed by atoms with Crippen molar-refractivity contribution >= 4 is 28.5 Å². The average molecular weight is 325 g/mol. The maximum atomic E-state index is 12.0. The van der Waals surface area contributed by atoms with Gasteiger partial charge in [-0.2, -0.15) is 0 Å². The molecule has 0 saturated carbocycles. The number of ketones is 1. The topological polar surface area (TPSA) is 94.2 Å². The van der Waals surface area contributed by atoms with Gasteiger partial charge < -0.3 is 9.73 Å². The van der Waals surface area contributed by atoms with Crippen molar-refractivity contribution in [1.82, 2.24) is 9.55 Å². The first-order valence-corrected chi connectivity index (χ1v) is 7.37. The number of fused-ring (bicyclic) bond motifs is 1. The van der Waals surface area contributed by atoms with Crippen molar-refractivity contribution in [2.45, 2.75) is 12.8 Å². The highest BCUT2D eigenvalue weighted by Crippen LogP contribution is 2.18. The molecular weight excluding hydrogens is 310 g/mol. The summed E-state index contributed by atoms with van der Waals surface area (Å²) in [4.78, 5) is 39.3. The van der Waals surface area contributed by atoms with Gasteiger partial charge in [0.1, 0.15) is 0 Å². The molecule has 1 amide bonds. The van der Waals surface area contributed by atoms with E-state index in [-0.39, 0.29) is 24.5 Å². The summed E-state index contributed by atoms with van der Waals surface area (Å²) in [7, 11) is 1.61. The van der Waals surface area contributed by atoms with Gasteiger partial charge in [-0.25, -0.2) is 4.79 Å². The quantitative estimate of drug-likeness (QED) is 0.725. The van der Waals surface area contributed by atoms with E-state index in [1.807, 2.05) is 0 Å². The summed E-state index contributed by atoms with van der Waals surface area (Å²) in [5.41, 5.74) is 2.03. The van der Waals surface area contributed by atoms with Crippen LogP contribution in [0.5, 0.6) is 0 Å². The van der Waals surface area contributed by atoms with E-state index in [4.69, 9.17) is 4.42 Å². The van der Waals surface area contributed by atoms with Crippen LogP contribution in [-0.4, -0.2) is 21.2 Å². The summed E-state index contributed by atoms with van der Waals surface area (Å²) >= 11 is 0. The number of Topliss-reactive ketones (excluding diaryl/α,β-unsaturated/α-hetero) is 1. The predicted octanol–water partition coefficient (Wildman–Crippen LogP) is 2.13. The Morgan fingerprint density at radius 2 is 2.08 bits per heavy atom. The van der Waals surface area contributed by atoms with E-state index in [9.17, 15) is 14.4 Å². The minimum atomic E-state index is -0.462. The van der Waals surface area contributed by atoms with Gasteiger partial charge in [0.25, 0.3) is 0 Å². The number of carbonyl (C=O) groups is 2. The SMILES string of the molecule is Cn1c(=O)oc2cc(NC(=O)CCC(=O)c3cccnc3)ccc21. The first-order chi connectivity index (χ1) is 11.5. The third-order valence-electron chi connectivity index (χ3n) is 3.64. The van der Waals surface area contributed by atoms with E-state index < -0.39 is 5.76 Å². The zero-order valence-electron chi connectivity index (χ0n) is 13.0. The van der Waals surface area contributed by atoms with Gasteiger partial charge in [-0.1, -0.05) is 0 Å². The summed E-state index contributed by atoms with van der Waals surface area (Å²) in [6.07, 6.45) is 3.22. The molecule has 2 heterocycles. The molecule has 3 rings (SSSR count). The Kier molecular flexibility index (Phi) is 4.24. The lowest BCUT2D eigenvalue weighted by molar-refractivity contribution is -0.116. The normalized spacial score (nSPS) is 10.7. The minimum absolute atomic E-state index is 0.0600. The predicted molar refractivity (Wildman–Crippen MR) is 87.9 cm³/mol. The van der Waals surface area contributed by atoms with E-state index in [1.165, 1.54) is 10.8 Å². The fourth-order valence-electron chi connectivity index (χ4n) is 2.33. The second-order valence-electron chi connectivity index (χ2n) is 5.32. The second-order valence-corrected chi connectivity index (χ2v) is 5.32. The number of nitrogens with zero attached hydrogens (tertiary/aromatic N) is 2. The van der Waals surface area contributed by atoms with Crippen LogP contribution in [0.15, 0.2) is 51.9 Å². The fraction of sp³-hybridized carbons (Fsp3) is 0.176. The Morgan fingerprint density at radius 3 is 2.83 bits per heavy atom. The van der Waals surface area contributed by atoms with Crippen LogP contribution in [0.3, 0.4) is 0 Å². The summed E-state index contributed by atoms with van der Waals surface area (Å²) in [5, 5.41) is 2.69. The van der Waals surface area contributed by atoms with Crippen LogP contribution >= 0.6 is 0 Å². The van der Waals surface area contributed by atoms with Gasteiger partial charge in [0.05, 0.1) is 5.52 Å². The summed E-state index contributed by atoms with van der Waals surface area (Å²) in [6, 6.07) is 8.29. The van der Waals surface area contributed by atoms with E-state index in [2.05, 4.69) is 10.3 Å². The molecule has 7 heteroatoms. The Morgan fingerprint density at radius 1 is 1.25 bits per heavy atom. The monoisotopic (exact) mass is 325 g/mol. The van der Waals surface area contributed by atoms with Gasteiger partial charge in [0.2, 0.25) is 5.91 Å². The number of pyridine rings is 1. The Hall–Kier alpha value is -3.22. The number of aromatic nitrogens is 2. The highest BCUT2D eigenvalue weighted by Gasteiger charge is 2.11. The number of oxazole rings is 1. The molecule has 0 aliphatic heterocycles. The van der Waals surface area contributed by atoms with Gasteiger partial charge in [0.15, 0.2) is 11.4 Å². The zero-order valence-corrected chi connectivity index (χ0v) is 13.0. The maximum absolute atomic E-state index is 12.0. The summed E-state index contributed by atoms with van der Waals surface area (Å²) in [5.74, 6) is -0.886. The highest BCUT2D eigenvalue weighted by molar-refractivity contribution is 6.00. The van der Waals surface area contributed by atoms with Crippen LogP contribution in [0.4, 0.5) is 5.69 Å². The number of benzene rings is 1. The number of nitrogens with one attached hydrogen (secondary N) is 1. The molecule has 24 heavy (non-hydrogen) atoms. The van der Waals surface area contributed by atoms with Crippen LogP contribution in [-0.2, 0) is 11.8 Å². The summed E-state index contributed by atoms with van der Waals surface area (Å²) < 4.78 is 6.45. The largest absolute Gasteiger partial charge is 0.419 e. The van der Waals surface area contributed by atoms with Crippen LogP contribution in [0.25, 0.3) is 11.1 Å². The summed E-state index contributed by atoms with van der Waals surface area (Å²) in [6.45, 7) is 0. The lowest BCUT2D eigenvalue weighted by atomic mass is 10.1. The molecule has 0 aliphatic carbocycles. The van der Waals surface area contributed by atoms with Gasteiger partial charge >= 0.3 is 5.76 Å². The van der Waals surface area contributed by atoms with E-state index in [1.54, 1.807) is 43.6 Å². The Labute approximate surface area is 136 Å². The van der Waals surface area contributed by atoms with E-state index >= 15 is 0 Å². The number of hydrogen-bond donors (Lipinski definition) is 1. The zero-order chi connectivity index (χ0) is 17.1. The standard InChI is InChI=1S/C17H15N3O4/c1-20-13-5-4-12(9-15(13)24-17(20)23)19-16(22)7-6-14(21)11-3-2-8-18-10-11/h2-5,8-10H,6-7H2,1H3,(H,19,22). The van der Waals surface area contributed by atoms with E-state index in [0.29, 0.717) is 22.4 Å². The molecule has 0 spiro atoms. The highest BCUT2D eigenvalue weighted by atomic mass is 16.4. The number of amides is 1. The lowest BCUT2D eigenvalue weighted by Crippen LogP contribution is -2.13. The van der Waals surface area contributed by atoms with Crippen molar-refractivity contribution in [3.63, 3.8) is 0 Å². The molecular formula is C17H15N3O4. The third kappa shape index (κ3) is 3.24. The van der Waals surface area contributed by atoms with Crippen LogP contribution in [0.1, 0.15) is 23.2 Å². The van der Waals surface area contributed by atoms with Gasteiger partial charge in [0, 0.05) is 49.6 Å². The Balaban J connectivity index is 1.63. The van der Waals surface area contributed by atoms with Crippen molar-refractivity contribution in [3.05, 3.63) is 58.8 Å². The molecule has 0 saturated heterocycles. The lowest BCUT2D eigenvalue weighted by Gasteiger charge is -2.05. The van der Waals surface area contributed by atoms with Crippen molar-refractivity contribution in [2.75, 3.05) is 5.32 Å². The molecule has 3 aromatic rings. The van der Waals surface area contributed by atoms with Crippen molar-refractivity contribution in [1.29, 1.82) is 0 Å². The van der Waals surface area contributed by atoms with Gasteiger partial charge in [-0.15, -0.1) is 0 Å². The first-order valence-electron chi connectivity index (χ1n) is 7.37. The number of carbonyl (C=O) groups excluding carboxylic acids is 2. The molecule has 0 atom stereocenters. The van der Waals surface area contributed by atoms with Crippen LogP contribution in [0.2, 0.25) is 0 Å². The third-order valence-corrected chi connectivity index (χ3v) is 3.64. The van der Waals surface area contributed by atoms with Crippen molar-refractivity contribution in [2.24, 2.45) is 7.05 Å². The number of aryl methyl sites for hydroxylation is 1. The molecule has 7 nitrogen and oxygen atoms in total. The Bertz CT molecular complexity index is 957. The number of anilines is 1. The second kappa shape index (κ2) is 6.49. The van der Waals surface area contributed by atoms with Crippen LogP contribution < -0.4 is 11.1 Å². The number of rotatable bonds is 5. The van der Waals surface area contributed by atoms with Gasteiger partial charge in [-0.3, -0.25) is 19.1 Å². The minimum Gasteiger partial charge on any atom is -0.408 e. The first kappa shape index (κ1) is 15.7. The van der Waals surface area contributed by atoms with E-state index in [0.717, 1.165) is 0 Å². The number of hydrogen-bond acceptors (Lipinski definition) is 5. The maximum Gasteiger partial charge on any atom is 0.419 e. The average Bonchev–Trinajstić information content (AvgIpc) is 2.87. The smallest absolute Gasteiger partial charge is 0.408 e.